The van der Waals surface area contributed by atoms with E-state index in [0.29, 0.717) is 0 Å². The van der Waals surface area contributed by atoms with Gasteiger partial charge in [0.2, 0.25) is 17.7 Å². The van der Waals surface area contributed by atoms with Crippen LogP contribution in [-0.2, 0) is 14.4 Å². The van der Waals surface area contributed by atoms with Crippen LogP contribution in [0.5, 0.6) is 0 Å². The fourth-order valence-electron chi connectivity index (χ4n) is 5.08. The molecule has 7 heteroatoms. The second-order valence-corrected chi connectivity index (χ2v) is 10.0. The van der Waals surface area contributed by atoms with Crippen molar-refractivity contribution in [1.29, 1.82) is 0 Å². The number of fused-ring (bicyclic) bond motifs is 1. The van der Waals surface area contributed by atoms with Gasteiger partial charge in [0.1, 0.15) is 0 Å². The van der Waals surface area contributed by atoms with Crippen LogP contribution in [0.15, 0.2) is 66.7 Å². The van der Waals surface area contributed by atoms with Gasteiger partial charge in [-0.1, -0.05) is 18.2 Å². The quantitative estimate of drug-likeness (QED) is 0.393. The van der Waals surface area contributed by atoms with Crippen molar-refractivity contribution in [2.75, 3.05) is 20.9 Å². The van der Waals surface area contributed by atoms with Crippen LogP contribution in [0.1, 0.15) is 51.6 Å². The number of hydrogen-bond donors (Lipinski definition) is 3. The SMILES string of the molecule is CC(=O)Nc1ccc(N[C@@H]2C[C@H](C)N(C(C)=O)c3ccc(-c4cccc(NC(=O)C5CC5)c4)cc32)cc1. The van der Waals surface area contributed by atoms with Crippen molar-refractivity contribution < 1.29 is 14.4 Å². The molecule has 3 N–H and O–H groups in total. The van der Waals surface area contributed by atoms with E-state index in [0.717, 1.165) is 58.7 Å². The topological polar surface area (TPSA) is 90.5 Å². The van der Waals surface area contributed by atoms with E-state index in [-0.39, 0.29) is 35.7 Å². The van der Waals surface area contributed by atoms with Crippen LogP contribution >= 0.6 is 0 Å². The third-order valence-electron chi connectivity index (χ3n) is 6.98. The summed E-state index contributed by atoms with van der Waals surface area (Å²) in [6.45, 7) is 5.16. The summed E-state index contributed by atoms with van der Waals surface area (Å²) in [6.07, 6.45) is 2.68. The smallest absolute Gasteiger partial charge is 0.227 e. The lowest BCUT2D eigenvalue weighted by molar-refractivity contribution is -0.118. The molecule has 0 bridgehead atoms. The Labute approximate surface area is 217 Å². The molecule has 1 fully saturated rings. The number of nitrogens with one attached hydrogen (secondary N) is 3. The van der Waals surface area contributed by atoms with E-state index in [1.807, 2.05) is 65.6 Å². The van der Waals surface area contributed by atoms with Crippen molar-refractivity contribution in [2.45, 2.75) is 52.1 Å². The minimum absolute atomic E-state index is 0.00933. The summed E-state index contributed by atoms with van der Waals surface area (Å²) in [6, 6.07) is 21.8. The van der Waals surface area contributed by atoms with Crippen molar-refractivity contribution in [3.8, 4) is 11.1 Å². The highest BCUT2D eigenvalue weighted by Gasteiger charge is 2.33. The standard InChI is InChI=1S/C30H32N4O3/c1-18-15-28(32-25-12-10-24(11-13-25)31-19(2)35)27-17-23(9-14-29(27)34(18)20(3)36)22-5-4-6-26(16-22)33-30(37)21-7-8-21/h4-6,9-14,16-18,21,28,32H,7-8,15H2,1-3H3,(H,31,35)(H,33,37)/t18-,28+/m0/s1. The monoisotopic (exact) mass is 496 g/mol. The highest BCUT2D eigenvalue weighted by molar-refractivity contribution is 5.96. The van der Waals surface area contributed by atoms with Crippen LogP contribution in [0, 0.1) is 5.92 Å². The van der Waals surface area contributed by atoms with Crippen LogP contribution in [0.4, 0.5) is 22.7 Å². The van der Waals surface area contributed by atoms with Gasteiger partial charge in [-0.2, -0.15) is 0 Å². The lowest BCUT2D eigenvalue weighted by Crippen LogP contribution is -2.43. The predicted molar refractivity (Wildman–Crippen MR) is 148 cm³/mol. The number of benzene rings is 3. The first kappa shape index (κ1) is 24.6. The van der Waals surface area contributed by atoms with Gasteiger partial charge in [-0.05, 0) is 91.4 Å². The predicted octanol–water partition coefficient (Wildman–Crippen LogP) is 5.96. The molecule has 0 aromatic heterocycles. The molecule has 0 radical (unpaired) electrons. The Hall–Kier alpha value is -4.13. The highest BCUT2D eigenvalue weighted by atomic mass is 16.2. The number of nitrogens with zero attached hydrogens (tertiary/aromatic N) is 1. The van der Waals surface area contributed by atoms with Gasteiger partial charge in [0.15, 0.2) is 0 Å². The molecule has 1 aliphatic carbocycles. The molecule has 3 amide bonds. The van der Waals surface area contributed by atoms with Crippen LogP contribution in [0.25, 0.3) is 11.1 Å². The van der Waals surface area contributed by atoms with Gasteiger partial charge in [0, 0.05) is 48.6 Å². The van der Waals surface area contributed by atoms with Gasteiger partial charge in [0.25, 0.3) is 0 Å². The lowest BCUT2D eigenvalue weighted by Gasteiger charge is -2.39. The molecule has 2 atom stereocenters. The van der Waals surface area contributed by atoms with Gasteiger partial charge in [-0.15, -0.1) is 0 Å². The fourth-order valence-corrected chi connectivity index (χ4v) is 5.08. The molecule has 190 valence electrons. The van der Waals surface area contributed by atoms with E-state index in [2.05, 4.69) is 28.9 Å². The Morgan fingerprint density at radius 2 is 1.51 bits per heavy atom. The number of carbonyl (C=O) groups excluding carboxylic acids is 3. The summed E-state index contributed by atoms with van der Waals surface area (Å²) in [5, 5.41) is 9.46. The Morgan fingerprint density at radius 3 is 2.19 bits per heavy atom. The van der Waals surface area contributed by atoms with Crippen molar-refractivity contribution in [3.63, 3.8) is 0 Å². The number of hydrogen-bond acceptors (Lipinski definition) is 4. The zero-order chi connectivity index (χ0) is 26.1. The third kappa shape index (κ3) is 5.50. The average Bonchev–Trinajstić information content (AvgIpc) is 3.70. The van der Waals surface area contributed by atoms with Crippen LogP contribution < -0.4 is 20.9 Å². The van der Waals surface area contributed by atoms with E-state index in [1.54, 1.807) is 6.92 Å². The van der Waals surface area contributed by atoms with Gasteiger partial charge in [-0.25, -0.2) is 0 Å². The van der Waals surface area contributed by atoms with Crippen LogP contribution in [-0.4, -0.2) is 23.8 Å². The van der Waals surface area contributed by atoms with E-state index >= 15 is 0 Å². The normalized spacial score (nSPS) is 18.5. The van der Waals surface area contributed by atoms with Crippen molar-refractivity contribution in [2.24, 2.45) is 5.92 Å². The Bertz CT molecular complexity index is 1350. The maximum atomic E-state index is 12.6. The molecule has 3 aromatic rings. The first-order valence-electron chi connectivity index (χ1n) is 12.8. The van der Waals surface area contributed by atoms with Crippen molar-refractivity contribution in [1.82, 2.24) is 0 Å². The summed E-state index contributed by atoms with van der Waals surface area (Å²) < 4.78 is 0. The highest BCUT2D eigenvalue weighted by Crippen LogP contribution is 2.41. The number of carbonyl (C=O) groups is 3. The van der Waals surface area contributed by atoms with E-state index in [4.69, 9.17) is 0 Å². The Morgan fingerprint density at radius 1 is 0.811 bits per heavy atom. The summed E-state index contributed by atoms with van der Waals surface area (Å²) in [7, 11) is 0. The van der Waals surface area contributed by atoms with E-state index in [1.165, 1.54) is 6.92 Å². The maximum Gasteiger partial charge on any atom is 0.227 e. The van der Waals surface area contributed by atoms with Gasteiger partial charge in [-0.3, -0.25) is 14.4 Å². The maximum absolute atomic E-state index is 12.6. The molecule has 0 spiro atoms. The Kier molecular flexibility index (Phi) is 6.70. The number of amides is 3. The lowest BCUT2D eigenvalue weighted by atomic mass is 9.88. The summed E-state index contributed by atoms with van der Waals surface area (Å²) in [4.78, 5) is 38.0. The summed E-state index contributed by atoms with van der Waals surface area (Å²) in [5.74, 6) is 0.140. The van der Waals surface area contributed by atoms with Gasteiger partial charge >= 0.3 is 0 Å². The molecular weight excluding hydrogens is 464 g/mol. The minimum atomic E-state index is -0.108. The second kappa shape index (κ2) is 10.1. The first-order chi connectivity index (χ1) is 17.8. The van der Waals surface area contributed by atoms with Crippen LogP contribution in [0.2, 0.25) is 0 Å². The number of anilines is 4. The first-order valence-corrected chi connectivity index (χ1v) is 12.8. The molecule has 1 saturated carbocycles. The molecule has 37 heavy (non-hydrogen) atoms. The zero-order valence-corrected chi connectivity index (χ0v) is 21.4. The molecule has 0 saturated heterocycles. The molecule has 0 unspecified atom stereocenters. The molecular formula is C30H32N4O3. The van der Waals surface area contributed by atoms with Crippen LogP contribution in [0.3, 0.4) is 0 Å². The summed E-state index contributed by atoms with van der Waals surface area (Å²) in [5.41, 5.74) is 6.44. The second-order valence-electron chi connectivity index (χ2n) is 10.0. The summed E-state index contributed by atoms with van der Waals surface area (Å²) >= 11 is 0. The molecule has 1 heterocycles. The van der Waals surface area contributed by atoms with E-state index in [9.17, 15) is 14.4 Å². The average molecular weight is 497 g/mol. The zero-order valence-electron chi connectivity index (χ0n) is 21.4. The van der Waals surface area contributed by atoms with Crippen molar-refractivity contribution in [3.05, 3.63) is 72.3 Å². The molecule has 3 aromatic carbocycles. The molecule has 1 aliphatic heterocycles. The molecule has 2 aliphatic rings. The molecule has 5 rings (SSSR count). The van der Waals surface area contributed by atoms with Gasteiger partial charge in [0.05, 0.1) is 6.04 Å². The third-order valence-corrected chi connectivity index (χ3v) is 6.98. The number of rotatable bonds is 6. The van der Waals surface area contributed by atoms with E-state index < -0.39 is 0 Å². The fraction of sp³-hybridized carbons (Fsp3) is 0.300. The Balaban J connectivity index is 1.46. The molecule has 7 nitrogen and oxygen atoms in total. The van der Waals surface area contributed by atoms with Gasteiger partial charge < -0.3 is 20.9 Å². The van der Waals surface area contributed by atoms with Crippen molar-refractivity contribution >= 4 is 40.5 Å². The largest absolute Gasteiger partial charge is 0.378 e. The minimum Gasteiger partial charge on any atom is -0.378 e.